The van der Waals surface area contributed by atoms with Crippen LogP contribution in [0.3, 0.4) is 0 Å². The van der Waals surface area contributed by atoms with Crippen LogP contribution in [0.25, 0.3) is 0 Å². The molecule has 0 aliphatic heterocycles. The van der Waals surface area contributed by atoms with Crippen LogP contribution in [0.5, 0.6) is 5.75 Å². The van der Waals surface area contributed by atoms with Crippen LogP contribution in [0.2, 0.25) is 5.02 Å². The first kappa shape index (κ1) is 17.4. The summed E-state index contributed by atoms with van der Waals surface area (Å²) in [5.41, 5.74) is 0. The number of ether oxygens (including phenoxy) is 1. The van der Waals surface area contributed by atoms with Gasteiger partial charge in [-0.25, -0.2) is 0 Å². The standard InChI is InChI=1S/C17H21ClN2O3/c1-12-4-9-16(23-12)15(20(2)3)10-19-17(21)11-22-14-7-5-13(18)6-8-14/h4-9,15H,10-11H2,1-3H3,(H,19,21)/t15-/m1/s1. The Bertz CT molecular complexity index is 638. The van der Waals surface area contributed by atoms with Gasteiger partial charge in [0.15, 0.2) is 6.61 Å². The highest BCUT2D eigenvalue weighted by molar-refractivity contribution is 6.30. The van der Waals surface area contributed by atoms with Crippen LogP contribution in [0, 0.1) is 6.92 Å². The fourth-order valence-electron chi connectivity index (χ4n) is 2.11. The van der Waals surface area contributed by atoms with Gasteiger partial charge >= 0.3 is 0 Å². The molecule has 0 saturated carbocycles. The molecule has 0 radical (unpaired) electrons. The quantitative estimate of drug-likeness (QED) is 0.844. The monoisotopic (exact) mass is 336 g/mol. The second kappa shape index (κ2) is 8.04. The maximum Gasteiger partial charge on any atom is 0.258 e. The van der Waals surface area contributed by atoms with Gasteiger partial charge in [0.2, 0.25) is 0 Å². The summed E-state index contributed by atoms with van der Waals surface area (Å²) in [5.74, 6) is 2.10. The Hall–Kier alpha value is -1.98. The van der Waals surface area contributed by atoms with E-state index < -0.39 is 0 Å². The Morgan fingerprint density at radius 3 is 2.52 bits per heavy atom. The third-order valence-electron chi connectivity index (χ3n) is 3.39. The lowest BCUT2D eigenvalue weighted by molar-refractivity contribution is -0.123. The lowest BCUT2D eigenvalue weighted by Gasteiger charge is -2.22. The van der Waals surface area contributed by atoms with Crippen LogP contribution in [0.15, 0.2) is 40.8 Å². The van der Waals surface area contributed by atoms with Crippen LogP contribution in [0.1, 0.15) is 17.6 Å². The Balaban J connectivity index is 1.83. The molecule has 2 rings (SSSR count). The number of aryl methyl sites for hydroxylation is 1. The van der Waals surface area contributed by atoms with Crippen molar-refractivity contribution in [2.75, 3.05) is 27.2 Å². The lowest BCUT2D eigenvalue weighted by Crippen LogP contribution is -2.36. The Morgan fingerprint density at radius 2 is 1.96 bits per heavy atom. The highest BCUT2D eigenvalue weighted by atomic mass is 35.5. The molecule has 1 aromatic carbocycles. The summed E-state index contributed by atoms with van der Waals surface area (Å²) in [7, 11) is 3.89. The van der Waals surface area contributed by atoms with Crippen molar-refractivity contribution in [3.63, 3.8) is 0 Å². The number of carbonyl (C=O) groups is 1. The minimum atomic E-state index is -0.185. The van der Waals surface area contributed by atoms with Crippen LogP contribution >= 0.6 is 11.6 Å². The summed E-state index contributed by atoms with van der Waals surface area (Å²) in [4.78, 5) is 13.9. The molecule has 6 heteroatoms. The molecule has 1 amide bonds. The van der Waals surface area contributed by atoms with Gasteiger partial charge in [0.05, 0.1) is 6.04 Å². The van der Waals surface area contributed by atoms with E-state index in [1.807, 2.05) is 38.1 Å². The van der Waals surface area contributed by atoms with Crippen molar-refractivity contribution in [3.8, 4) is 5.75 Å². The molecule has 2 aromatic rings. The summed E-state index contributed by atoms with van der Waals surface area (Å²) < 4.78 is 11.1. The van der Waals surface area contributed by atoms with Gasteiger partial charge in [-0.3, -0.25) is 9.69 Å². The van der Waals surface area contributed by atoms with E-state index in [4.69, 9.17) is 20.8 Å². The maximum atomic E-state index is 11.9. The molecular formula is C17H21ClN2O3. The van der Waals surface area contributed by atoms with E-state index in [0.717, 1.165) is 11.5 Å². The second-order valence-corrected chi connectivity index (χ2v) is 5.91. The smallest absolute Gasteiger partial charge is 0.258 e. The zero-order valence-corrected chi connectivity index (χ0v) is 14.3. The number of halogens is 1. The van der Waals surface area contributed by atoms with Gasteiger partial charge in [-0.2, -0.15) is 0 Å². The Morgan fingerprint density at radius 1 is 1.26 bits per heavy atom. The number of carbonyl (C=O) groups excluding carboxylic acids is 1. The molecule has 1 aromatic heterocycles. The third-order valence-corrected chi connectivity index (χ3v) is 3.64. The minimum Gasteiger partial charge on any atom is -0.484 e. The lowest BCUT2D eigenvalue weighted by atomic mass is 10.2. The van der Waals surface area contributed by atoms with Crippen LogP contribution in [-0.2, 0) is 4.79 Å². The molecule has 0 fully saturated rings. The van der Waals surface area contributed by atoms with Gasteiger partial charge in [0, 0.05) is 11.6 Å². The van der Waals surface area contributed by atoms with Gasteiger partial charge < -0.3 is 14.5 Å². The van der Waals surface area contributed by atoms with Crippen molar-refractivity contribution >= 4 is 17.5 Å². The minimum absolute atomic E-state index is 0.0248. The number of amides is 1. The number of nitrogens with one attached hydrogen (secondary N) is 1. The summed E-state index contributed by atoms with van der Waals surface area (Å²) in [5, 5.41) is 3.49. The second-order valence-electron chi connectivity index (χ2n) is 5.47. The van der Waals surface area contributed by atoms with Crippen molar-refractivity contribution in [1.29, 1.82) is 0 Å². The first-order valence-electron chi connectivity index (χ1n) is 7.33. The number of likely N-dealkylation sites (N-methyl/N-ethyl adjacent to an activating group) is 1. The van der Waals surface area contributed by atoms with E-state index >= 15 is 0 Å². The van der Waals surface area contributed by atoms with Crippen molar-refractivity contribution in [2.24, 2.45) is 0 Å². The zero-order chi connectivity index (χ0) is 16.8. The molecule has 0 bridgehead atoms. The number of hydrogen-bond acceptors (Lipinski definition) is 4. The molecule has 1 N–H and O–H groups in total. The SMILES string of the molecule is Cc1ccc([C@@H](CNC(=O)COc2ccc(Cl)cc2)N(C)C)o1. The van der Waals surface area contributed by atoms with E-state index in [0.29, 0.717) is 17.3 Å². The molecule has 1 heterocycles. The van der Waals surface area contributed by atoms with Gasteiger partial charge in [-0.15, -0.1) is 0 Å². The van der Waals surface area contributed by atoms with Gasteiger partial charge in [0.1, 0.15) is 17.3 Å². The molecule has 0 saturated heterocycles. The third kappa shape index (κ3) is 5.30. The first-order valence-corrected chi connectivity index (χ1v) is 7.71. The number of benzene rings is 1. The van der Waals surface area contributed by atoms with Crippen molar-refractivity contribution in [3.05, 3.63) is 52.9 Å². The largest absolute Gasteiger partial charge is 0.484 e. The molecule has 0 aliphatic carbocycles. The van der Waals surface area contributed by atoms with Crippen molar-refractivity contribution in [2.45, 2.75) is 13.0 Å². The summed E-state index contributed by atoms with van der Waals surface area (Å²) >= 11 is 5.80. The normalized spacial score (nSPS) is 12.2. The summed E-state index contributed by atoms with van der Waals surface area (Å²) in [6, 6.07) is 10.7. The average molecular weight is 337 g/mol. The maximum absolute atomic E-state index is 11.9. The molecule has 0 aliphatic rings. The van der Waals surface area contributed by atoms with E-state index in [9.17, 15) is 4.79 Å². The first-order chi connectivity index (χ1) is 11.0. The fourth-order valence-corrected chi connectivity index (χ4v) is 2.24. The molecule has 1 atom stereocenters. The van der Waals surface area contributed by atoms with E-state index in [2.05, 4.69) is 5.32 Å². The van der Waals surface area contributed by atoms with Crippen LogP contribution in [0.4, 0.5) is 0 Å². The number of furan rings is 1. The summed E-state index contributed by atoms with van der Waals surface area (Å²) in [6.45, 7) is 2.30. The predicted octanol–water partition coefficient (Wildman–Crippen LogP) is 3.04. The van der Waals surface area contributed by atoms with Crippen LogP contribution in [-0.4, -0.2) is 38.1 Å². The van der Waals surface area contributed by atoms with Crippen LogP contribution < -0.4 is 10.1 Å². The molecular weight excluding hydrogens is 316 g/mol. The Labute approximate surface area is 141 Å². The van der Waals surface area contributed by atoms with E-state index in [-0.39, 0.29) is 18.6 Å². The average Bonchev–Trinajstić information content (AvgIpc) is 2.93. The van der Waals surface area contributed by atoms with E-state index in [1.165, 1.54) is 0 Å². The topological polar surface area (TPSA) is 54.7 Å². The molecule has 23 heavy (non-hydrogen) atoms. The molecule has 5 nitrogen and oxygen atoms in total. The molecule has 124 valence electrons. The van der Waals surface area contributed by atoms with Gasteiger partial charge in [-0.1, -0.05) is 11.6 Å². The predicted molar refractivity (Wildman–Crippen MR) is 89.8 cm³/mol. The number of rotatable bonds is 7. The molecule has 0 spiro atoms. The molecule has 0 unspecified atom stereocenters. The zero-order valence-electron chi connectivity index (χ0n) is 13.5. The fraction of sp³-hybridized carbons (Fsp3) is 0.353. The highest BCUT2D eigenvalue weighted by Gasteiger charge is 2.18. The van der Waals surface area contributed by atoms with Crippen molar-refractivity contribution in [1.82, 2.24) is 10.2 Å². The van der Waals surface area contributed by atoms with Crippen molar-refractivity contribution < 1.29 is 13.9 Å². The van der Waals surface area contributed by atoms with Gasteiger partial charge in [-0.05, 0) is 57.4 Å². The van der Waals surface area contributed by atoms with E-state index in [1.54, 1.807) is 24.3 Å². The highest BCUT2D eigenvalue weighted by Crippen LogP contribution is 2.20. The number of nitrogens with zero attached hydrogens (tertiary/aromatic N) is 1. The van der Waals surface area contributed by atoms with Gasteiger partial charge in [0.25, 0.3) is 5.91 Å². The number of hydrogen-bond donors (Lipinski definition) is 1. The summed E-state index contributed by atoms with van der Waals surface area (Å²) in [6.07, 6.45) is 0. The Kier molecular flexibility index (Phi) is 6.07.